The van der Waals surface area contributed by atoms with Gasteiger partial charge in [0.25, 0.3) is 0 Å². The molecule has 9 nitrogen and oxygen atoms in total. The van der Waals surface area contributed by atoms with Gasteiger partial charge in [0.05, 0.1) is 17.6 Å². The van der Waals surface area contributed by atoms with Crippen LogP contribution >= 0.6 is 11.6 Å². The quantitative estimate of drug-likeness (QED) is 0.291. The Labute approximate surface area is 241 Å². The second kappa shape index (κ2) is 10.7. The molecule has 0 saturated carbocycles. The zero-order valence-electron chi connectivity index (χ0n) is 22.1. The molecule has 2 amide bonds. The second-order valence-electron chi connectivity index (χ2n) is 10.1. The first-order valence-corrected chi connectivity index (χ1v) is 14.0. The molecule has 0 atom stereocenters. The molecule has 5 aromatic rings. The van der Waals surface area contributed by atoms with E-state index in [1.54, 1.807) is 24.7 Å². The van der Waals surface area contributed by atoms with Crippen LogP contribution in [-0.2, 0) is 12.8 Å². The van der Waals surface area contributed by atoms with Gasteiger partial charge in [0.1, 0.15) is 11.0 Å². The van der Waals surface area contributed by atoms with Gasteiger partial charge in [-0.1, -0.05) is 40.2 Å². The van der Waals surface area contributed by atoms with Crippen LogP contribution in [0.15, 0.2) is 84.8 Å². The smallest absolute Gasteiger partial charge is 0.321 e. The van der Waals surface area contributed by atoms with E-state index >= 15 is 0 Å². The number of aryl methyl sites for hydroxylation is 1. The van der Waals surface area contributed by atoms with Crippen molar-refractivity contribution in [1.29, 1.82) is 0 Å². The van der Waals surface area contributed by atoms with Gasteiger partial charge in [-0.2, -0.15) is 0 Å². The van der Waals surface area contributed by atoms with E-state index in [0.29, 0.717) is 29.5 Å². The Morgan fingerprint density at radius 2 is 1.83 bits per heavy atom. The summed E-state index contributed by atoms with van der Waals surface area (Å²) >= 11 is 6.45. The second-order valence-corrected chi connectivity index (χ2v) is 10.6. The number of carbonyl (C=O) groups is 1. The number of nitrogens with zero attached hydrogens (tertiary/aromatic N) is 6. The van der Waals surface area contributed by atoms with Crippen LogP contribution in [0.25, 0.3) is 16.6 Å². The molecule has 4 heterocycles. The summed E-state index contributed by atoms with van der Waals surface area (Å²) in [6, 6.07) is 19.2. The van der Waals surface area contributed by atoms with Crippen molar-refractivity contribution in [3.05, 3.63) is 112 Å². The number of nitrogens with one attached hydrogen (secondary N) is 1. The summed E-state index contributed by atoms with van der Waals surface area (Å²) in [6.07, 6.45) is 8.10. The highest BCUT2D eigenvalue weighted by Crippen LogP contribution is 2.41. The van der Waals surface area contributed by atoms with Gasteiger partial charge in [-0.25, -0.2) is 4.79 Å². The summed E-state index contributed by atoms with van der Waals surface area (Å²) in [5.41, 5.74) is 8.81. The van der Waals surface area contributed by atoms with Gasteiger partial charge in [-0.3, -0.25) is 9.97 Å². The lowest BCUT2D eigenvalue weighted by atomic mass is 9.88. The Hall–Kier alpha value is -4.76. The van der Waals surface area contributed by atoms with Crippen molar-refractivity contribution in [2.24, 2.45) is 0 Å². The molecule has 3 aromatic heterocycles. The summed E-state index contributed by atoms with van der Waals surface area (Å²) in [4.78, 5) is 31.6. The van der Waals surface area contributed by atoms with Crippen LogP contribution in [0, 0.1) is 0 Å². The maximum Gasteiger partial charge on any atom is 0.321 e. The predicted molar refractivity (Wildman–Crippen MR) is 157 cm³/mol. The maximum absolute atomic E-state index is 12.9. The van der Waals surface area contributed by atoms with Gasteiger partial charge in [0.2, 0.25) is 0 Å². The van der Waals surface area contributed by atoms with E-state index in [0.717, 1.165) is 59.1 Å². The number of urea groups is 1. The van der Waals surface area contributed by atoms with Crippen LogP contribution in [0.5, 0.6) is 5.75 Å². The molecule has 1 saturated heterocycles. The van der Waals surface area contributed by atoms with Crippen LogP contribution in [0.2, 0.25) is 5.02 Å². The summed E-state index contributed by atoms with van der Waals surface area (Å²) in [6.45, 7) is 1.20. The standard InChI is InChI=1S/C31H26ClN7O2/c32-22-8-10-24-21(18-22)7-9-25-28(41-39-27-6-2-1-5-26(27)36-37-39)11-15-34-30(25)29(24)20-12-16-38(17-13-20)31(40)35-23-4-3-14-33-19-23/h1-6,8,10-11,14-15,18-19H,7,9,12-13,16-17H2,(H,35,40). The van der Waals surface area contributed by atoms with E-state index in [4.69, 9.17) is 21.4 Å². The third-order valence-corrected chi connectivity index (χ3v) is 7.89. The Morgan fingerprint density at radius 1 is 0.951 bits per heavy atom. The number of hydrogen-bond acceptors (Lipinski definition) is 6. The number of anilines is 1. The molecule has 204 valence electrons. The molecule has 0 spiro atoms. The van der Waals surface area contributed by atoms with Crippen LogP contribution in [-0.4, -0.2) is 49.1 Å². The molecule has 1 fully saturated rings. The fourth-order valence-corrected chi connectivity index (χ4v) is 5.85. The monoisotopic (exact) mass is 563 g/mol. The molecule has 0 bridgehead atoms. The van der Waals surface area contributed by atoms with Crippen molar-refractivity contribution in [3.8, 4) is 5.75 Å². The predicted octanol–water partition coefficient (Wildman–Crippen LogP) is 5.95. The lowest BCUT2D eigenvalue weighted by molar-refractivity contribution is 0.182. The molecule has 0 radical (unpaired) electrons. The lowest BCUT2D eigenvalue weighted by Crippen LogP contribution is -2.39. The van der Waals surface area contributed by atoms with Crippen LogP contribution in [0.4, 0.5) is 10.5 Å². The average molecular weight is 564 g/mol. The van der Waals surface area contributed by atoms with Gasteiger partial charge >= 0.3 is 6.03 Å². The lowest BCUT2D eigenvalue weighted by Gasteiger charge is -2.30. The summed E-state index contributed by atoms with van der Waals surface area (Å²) < 4.78 is 0. The highest BCUT2D eigenvalue weighted by Gasteiger charge is 2.28. The van der Waals surface area contributed by atoms with Gasteiger partial charge in [-0.15, -0.1) is 5.10 Å². The topological polar surface area (TPSA) is 98.1 Å². The van der Waals surface area contributed by atoms with Gasteiger partial charge in [-0.05, 0) is 78.4 Å². The van der Waals surface area contributed by atoms with Crippen molar-refractivity contribution in [3.63, 3.8) is 0 Å². The molecule has 7 rings (SSSR count). The zero-order valence-corrected chi connectivity index (χ0v) is 22.9. The number of amides is 2. The number of carbonyl (C=O) groups excluding carboxylic acids is 1. The van der Waals surface area contributed by atoms with E-state index in [2.05, 4.69) is 26.7 Å². The first-order chi connectivity index (χ1) is 20.1. The molecular formula is C31H26ClN7O2. The van der Waals surface area contributed by atoms with E-state index in [1.807, 2.05) is 53.4 Å². The van der Waals surface area contributed by atoms with Crippen LogP contribution in [0.3, 0.4) is 0 Å². The minimum absolute atomic E-state index is 0.121. The van der Waals surface area contributed by atoms with Crippen molar-refractivity contribution >= 4 is 39.9 Å². The van der Waals surface area contributed by atoms with Gasteiger partial charge in [0, 0.05) is 47.7 Å². The molecule has 1 aliphatic carbocycles. The first-order valence-electron chi connectivity index (χ1n) is 13.6. The largest absolute Gasteiger partial charge is 0.356 e. The molecular weight excluding hydrogens is 538 g/mol. The van der Waals surface area contributed by atoms with Crippen molar-refractivity contribution in [2.45, 2.75) is 25.7 Å². The third kappa shape index (κ3) is 4.89. The summed E-state index contributed by atoms with van der Waals surface area (Å²) in [5.74, 6) is 0.691. The molecule has 10 heteroatoms. The zero-order chi connectivity index (χ0) is 27.8. The Morgan fingerprint density at radius 3 is 2.68 bits per heavy atom. The highest BCUT2D eigenvalue weighted by atomic mass is 35.5. The number of halogens is 1. The third-order valence-electron chi connectivity index (χ3n) is 7.66. The number of piperidine rings is 1. The van der Waals surface area contributed by atoms with E-state index < -0.39 is 0 Å². The molecule has 41 heavy (non-hydrogen) atoms. The molecule has 2 aliphatic rings. The number of aromatic nitrogens is 5. The van der Waals surface area contributed by atoms with Crippen LogP contribution in [0.1, 0.15) is 35.2 Å². The van der Waals surface area contributed by atoms with Crippen LogP contribution < -0.4 is 10.2 Å². The Bertz CT molecular complexity index is 1790. The Balaban J connectivity index is 1.24. The van der Waals surface area contributed by atoms with Crippen molar-refractivity contribution < 1.29 is 9.63 Å². The summed E-state index contributed by atoms with van der Waals surface area (Å²) in [7, 11) is 0. The molecule has 1 N–H and O–H groups in total. The fraction of sp³-hybridized carbons (Fsp3) is 0.194. The Kier molecular flexibility index (Phi) is 6.56. The van der Waals surface area contributed by atoms with Gasteiger partial charge < -0.3 is 15.1 Å². The number of likely N-dealkylation sites (tertiary alicyclic amines) is 1. The fourth-order valence-electron chi connectivity index (χ4n) is 5.65. The minimum atomic E-state index is -0.121. The van der Waals surface area contributed by atoms with E-state index in [9.17, 15) is 4.79 Å². The normalized spacial score (nSPS) is 14.8. The van der Waals surface area contributed by atoms with Gasteiger partial charge in [0.15, 0.2) is 5.75 Å². The van der Waals surface area contributed by atoms with Crippen molar-refractivity contribution in [1.82, 2.24) is 30.0 Å². The maximum atomic E-state index is 12.9. The van der Waals surface area contributed by atoms with E-state index in [1.165, 1.54) is 16.0 Å². The SMILES string of the molecule is O=C(Nc1cccnc1)N1CCC(=C2c3ccc(Cl)cc3CCc3c(On4nnc5ccccc54)ccnc32)CC1. The number of pyridine rings is 2. The van der Waals surface area contributed by atoms with E-state index in [-0.39, 0.29) is 6.03 Å². The molecule has 2 aromatic carbocycles. The molecule has 0 unspecified atom stereocenters. The molecule has 1 aliphatic heterocycles. The number of benzene rings is 2. The number of para-hydroxylation sites is 1. The van der Waals surface area contributed by atoms with Crippen molar-refractivity contribution in [2.75, 3.05) is 18.4 Å². The highest BCUT2D eigenvalue weighted by molar-refractivity contribution is 6.30. The average Bonchev–Trinajstić information content (AvgIpc) is 3.33. The number of fused-ring (bicyclic) bond motifs is 3. The number of hydrogen-bond donors (Lipinski definition) is 1. The number of rotatable bonds is 3. The summed E-state index contributed by atoms with van der Waals surface area (Å²) in [5, 5.41) is 12.1. The first kappa shape index (κ1) is 25.2. The minimum Gasteiger partial charge on any atom is -0.356 e.